The Balaban J connectivity index is 2.44. The van der Waals surface area contributed by atoms with E-state index in [9.17, 15) is 0 Å². The highest BCUT2D eigenvalue weighted by atomic mass is 35.5. The Kier molecular flexibility index (Phi) is 5.84. The van der Waals surface area contributed by atoms with Crippen molar-refractivity contribution in [2.45, 2.75) is 39.0 Å². The lowest BCUT2D eigenvalue weighted by Crippen LogP contribution is -2.18. The molecule has 1 aromatic rings. The molecule has 0 saturated carbocycles. The molecule has 2 atom stereocenters. The molecule has 0 spiro atoms. The van der Waals surface area contributed by atoms with Gasteiger partial charge >= 0.3 is 0 Å². The second-order valence-electron chi connectivity index (χ2n) is 5.05. The van der Waals surface area contributed by atoms with Crippen LogP contribution in [0.5, 0.6) is 5.75 Å². The van der Waals surface area contributed by atoms with E-state index in [-0.39, 0.29) is 5.38 Å². The minimum atomic E-state index is 0.272. The van der Waals surface area contributed by atoms with Gasteiger partial charge in [0.05, 0.1) is 7.11 Å². The summed E-state index contributed by atoms with van der Waals surface area (Å²) in [6, 6.07) is 8.29. The van der Waals surface area contributed by atoms with Gasteiger partial charge in [0.15, 0.2) is 0 Å². The largest absolute Gasteiger partial charge is 0.497 e. The van der Waals surface area contributed by atoms with Crippen LogP contribution in [0.3, 0.4) is 0 Å². The van der Waals surface area contributed by atoms with Gasteiger partial charge in [0, 0.05) is 5.38 Å². The van der Waals surface area contributed by atoms with Gasteiger partial charge in [0.25, 0.3) is 0 Å². The molecule has 0 saturated heterocycles. The molecule has 2 heteroatoms. The molecule has 1 nitrogen and oxygen atoms in total. The SMILES string of the molecule is COc1ccc(CCC(C)C(Cl)C(C)C)cc1. The normalized spacial score (nSPS) is 14.7. The number of alkyl halides is 1. The van der Waals surface area contributed by atoms with Crippen LogP contribution >= 0.6 is 11.6 Å². The second kappa shape index (κ2) is 6.90. The number of ether oxygens (including phenoxy) is 1. The third-order valence-corrected chi connectivity index (χ3v) is 4.16. The summed E-state index contributed by atoms with van der Waals surface area (Å²) in [5.74, 6) is 2.01. The smallest absolute Gasteiger partial charge is 0.118 e. The van der Waals surface area contributed by atoms with Crippen LogP contribution < -0.4 is 4.74 Å². The average molecular weight is 255 g/mol. The fourth-order valence-electron chi connectivity index (χ4n) is 2.00. The fourth-order valence-corrected chi connectivity index (χ4v) is 2.13. The zero-order chi connectivity index (χ0) is 12.8. The summed E-state index contributed by atoms with van der Waals surface area (Å²) in [7, 11) is 1.69. The molecule has 96 valence electrons. The Labute approximate surface area is 110 Å². The average Bonchev–Trinajstić information content (AvgIpc) is 2.35. The van der Waals surface area contributed by atoms with Crippen molar-refractivity contribution in [2.24, 2.45) is 11.8 Å². The first-order chi connectivity index (χ1) is 8.04. The summed E-state index contributed by atoms with van der Waals surface area (Å²) in [5, 5.41) is 0.272. The van der Waals surface area contributed by atoms with E-state index in [0.717, 1.165) is 18.6 Å². The molecule has 0 heterocycles. The van der Waals surface area contributed by atoms with E-state index in [1.807, 2.05) is 12.1 Å². The van der Waals surface area contributed by atoms with Gasteiger partial charge in [-0.05, 0) is 42.4 Å². The number of halogens is 1. The monoisotopic (exact) mass is 254 g/mol. The maximum Gasteiger partial charge on any atom is 0.118 e. The Morgan fingerprint density at radius 2 is 1.71 bits per heavy atom. The van der Waals surface area contributed by atoms with Crippen LogP contribution in [-0.4, -0.2) is 12.5 Å². The quantitative estimate of drug-likeness (QED) is 0.678. The van der Waals surface area contributed by atoms with Crippen molar-refractivity contribution in [3.8, 4) is 5.75 Å². The van der Waals surface area contributed by atoms with Crippen molar-refractivity contribution >= 4 is 11.6 Å². The van der Waals surface area contributed by atoms with E-state index in [1.165, 1.54) is 5.56 Å². The van der Waals surface area contributed by atoms with E-state index >= 15 is 0 Å². The highest BCUT2D eigenvalue weighted by Gasteiger charge is 2.17. The molecule has 0 aliphatic rings. The molecule has 0 fully saturated rings. The van der Waals surface area contributed by atoms with Crippen molar-refractivity contribution in [1.29, 1.82) is 0 Å². The summed E-state index contributed by atoms with van der Waals surface area (Å²) in [4.78, 5) is 0. The number of rotatable bonds is 6. The van der Waals surface area contributed by atoms with Crippen LogP contribution in [0.15, 0.2) is 24.3 Å². The zero-order valence-electron chi connectivity index (χ0n) is 11.2. The molecule has 0 aliphatic heterocycles. The highest BCUT2D eigenvalue weighted by molar-refractivity contribution is 6.20. The summed E-state index contributed by atoms with van der Waals surface area (Å²) in [5.41, 5.74) is 1.35. The summed E-state index contributed by atoms with van der Waals surface area (Å²) in [6.45, 7) is 6.60. The van der Waals surface area contributed by atoms with Gasteiger partial charge in [-0.25, -0.2) is 0 Å². The number of aryl methyl sites for hydroxylation is 1. The summed E-state index contributed by atoms with van der Waals surface area (Å²) in [6.07, 6.45) is 2.22. The molecule has 0 aliphatic carbocycles. The number of hydrogen-bond donors (Lipinski definition) is 0. The van der Waals surface area contributed by atoms with Crippen LogP contribution in [-0.2, 0) is 6.42 Å². The summed E-state index contributed by atoms with van der Waals surface area (Å²) >= 11 is 6.36. The maximum atomic E-state index is 6.36. The molecular weight excluding hydrogens is 232 g/mol. The molecule has 2 unspecified atom stereocenters. The lowest BCUT2D eigenvalue weighted by Gasteiger charge is -2.21. The zero-order valence-corrected chi connectivity index (χ0v) is 12.0. The number of methoxy groups -OCH3 is 1. The van der Waals surface area contributed by atoms with Crippen LogP contribution in [0.4, 0.5) is 0 Å². The molecule has 0 amide bonds. The molecule has 17 heavy (non-hydrogen) atoms. The number of hydrogen-bond acceptors (Lipinski definition) is 1. The predicted molar refractivity (Wildman–Crippen MR) is 75.0 cm³/mol. The van der Waals surface area contributed by atoms with Crippen LogP contribution in [0.2, 0.25) is 0 Å². The molecule has 0 radical (unpaired) electrons. The van der Waals surface area contributed by atoms with E-state index in [4.69, 9.17) is 16.3 Å². The standard InChI is InChI=1S/C15H23ClO/c1-11(2)15(16)12(3)5-6-13-7-9-14(17-4)10-8-13/h7-12,15H,5-6H2,1-4H3. The molecule has 1 rings (SSSR count). The third-order valence-electron chi connectivity index (χ3n) is 3.23. The van der Waals surface area contributed by atoms with Gasteiger partial charge in [0.2, 0.25) is 0 Å². The Bertz CT molecular complexity index is 318. The topological polar surface area (TPSA) is 9.23 Å². The first-order valence-corrected chi connectivity index (χ1v) is 6.75. The lowest BCUT2D eigenvalue weighted by atomic mass is 9.92. The van der Waals surface area contributed by atoms with Gasteiger partial charge in [-0.2, -0.15) is 0 Å². The lowest BCUT2D eigenvalue weighted by molar-refractivity contribution is 0.413. The van der Waals surface area contributed by atoms with Gasteiger partial charge < -0.3 is 4.74 Å². The predicted octanol–water partition coefficient (Wildman–Crippen LogP) is 4.53. The highest BCUT2D eigenvalue weighted by Crippen LogP contribution is 2.23. The Morgan fingerprint density at radius 1 is 1.12 bits per heavy atom. The van der Waals surface area contributed by atoms with Crippen LogP contribution in [0.1, 0.15) is 32.8 Å². The van der Waals surface area contributed by atoms with Crippen molar-refractivity contribution in [3.05, 3.63) is 29.8 Å². The van der Waals surface area contributed by atoms with E-state index in [2.05, 4.69) is 32.9 Å². The van der Waals surface area contributed by atoms with Crippen LogP contribution in [0.25, 0.3) is 0 Å². The van der Waals surface area contributed by atoms with Gasteiger partial charge in [-0.1, -0.05) is 32.9 Å². The molecule has 0 bridgehead atoms. The van der Waals surface area contributed by atoms with Crippen molar-refractivity contribution < 1.29 is 4.74 Å². The van der Waals surface area contributed by atoms with Gasteiger partial charge in [-0.3, -0.25) is 0 Å². The van der Waals surface area contributed by atoms with Gasteiger partial charge in [0.1, 0.15) is 5.75 Å². The minimum absolute atomic E-state index is 0.272. The van der Waals surface area contributed by atoms with E-state index in [0.29, 0.717) is 11.8 Å². The molecule has 0 N–H and O–H groups in total. The van der Waals surface area contributed by atoms with Crippen molar-refractivity contribution in [1.82, 2.24) is 0 Å². The molecule has 0 aromatic heterocycles. The first-order valence-electron chi connectivity index (χ1n) is 6.31. The van der Waals surface area contributed by atoms with Gasteiger partial charge in [-0.15, -0.1) is 11.6 Å². The van der Waals surface area contributed by atoms with Crippen LogP contribution in [0, 0.1) is 11.8 Å². The fraction of sp³-hybridized carbons (Fsp3) is 0.600. The first kappa shape index (κ1) is 14.4. The third kappa shape index (κ3) is 4.59. The van der Waals surface area contributed by atoms with E-state index < -0.39 is 0 Å². The minimum Gasteiger partial charge on any atom is -0.497 e. The molecule has 1 aromatic carbocycles. The van der Waals surface area contributed by atoms with Crippen molar-refractivity contribution in [2.75, 3.05) is 7.11 Å². The maximum absolute atomic E-state index is 6.36. The van der Waals surface area contributed by atoms with E-state index in [1.54, 1.807) is 7.11 Å². The summed E-state index contributed by atoms with van der Waals surface area (Å²) < 4.78 is 5.14. The second-order valence-corrected chi connectivity index (χ2v) is 5.56. The Morgan fingerprint density at radius 3 is 2.18 bits per heavy atom. The van der Waals surface area contributed by atoms with Crippen molar-refractivity contribution in [3.63, 3.8) is 0 Å². The number of benzene rings is 1. The molecular formula is C15H23ClO. The Hall–Kier alpha value is -0.690.